The summed E-state index contributed by atoms with van der Waals surface area (Å²) in [6.45, 7) is 3.41. The first kappa shape index (κ1) is 13.0. The topological polar surface area (TPSA) is 54.4 Å². The van der Waals surface area contributed by atoms with Gasteiger partial charge < -0.3 is 0 Å². The Bertz CT molecular complexity index is 398. The summed E-state index contributed by atoms with van der Waals surface area (Å²) in [7, 11) is -4.06. The molecule has 0 radical (unpaired) electrons. The van der Waals surface area contributed by atoms with E-state index < -0.39 is 10.1 Å². The van der Waals surface area contributed by atoms with Crippen molar-refractivity contribution in [3.63, 3.8) is 0 Å². The molecule has 0 aliphatic rings. The minimum absolute atomic E-state index is 0. The van der Waals surface area contributed by atoms with Crippen molar-refractivity contribution in [3.05, 3.63) is 29.3 Å². The molecule has 0 aliphatic carbocycles. The summed E-state index contributed by atoms with van der Waals surface area (Å²) < 4.78 is 30.3. The van der Waals surface area contributed by atoms with Gasteiger partial charge in [-0.3, -0.25) is 4.55 Å². The van der Waals surface area contributed by atoms with E-state index in [0.29, 0.717) is 5.56 Å². The van der Waals surface area contributed by atoms with Crippen molar-refractivity contribution in [2.24, 2.45) is 0 Å². The maximum atomic E-state index is 10.8. The Labute approximate surface area is 97.0 Å². The van der Waals surface area contributed by atoms with E-state index in [0.717, 1.165) is 5.56 Å². The fraction of sp³-hybridized carbons (Fsp3) is 0.250. The van der Waals surface area contributed by atoms with Crippen LogP contribution < -0.4 is 0 Å². The molecule has 0 atom stereocenters. The molecule has 0 aliphatic heterocycles. The SMILES string of the molecule is Cc1ccc(C)c(S(=O)(=O)O)c1.[BiH3]. The van der Waals surface area contributed by atoms with Crippen LogP contribution in [0.1, 0.15) is 11.1 Å². The van der Waals surface area contributed by atoms with Gasteiger partial charge >= 0.3 is 26.2 Å². The van der Waals surface area contributed by atoms with E-state index in [1.54, 1.807) is 26.0 Å². The molecule has 5 heteroatoms. The number of hydrogen-bond donors (Lipinski definition) is 1. The van der Waals surface area contributed by atoms with Gasteiger partial charge in [0.1, 0.15) is 0 Å². The van der Waals surface area contributed by atoms with Crippen molar-refractivity contribution in [2.45, 2.75) is 18.7 Å². The van der Waals surface area contributed by atoms with Crippen LogP contribution in [0.15, 0.2) is 23.1 Å². The number of hydrogen-bond acceptors (Lipinski definition) is 2. The van der Waals surface area contributed by atoms with Gasteiger partial charge in [0.15, 0.2) is 0 Å². The van der Waals surface area contributed by atoms with Crippen LogP contribution in [0.5, 0.6) is 0 Å². The minimum atomic E-state index is -4.06. The Morgan fingerprint density at radius 3 is 2.15 bits per heavy atom. The van der Waals surface area contributed by atoms with Gasteiger partial charge in [-0.1, -0.05) is 12.1 Å². The third kappa shape index (κ3) is 3.33. The maximum absolute atomic E-state index is 10.8. The molecule has 3 nitrogen and oxygen atoms in total. The van der Waals surface area contributed by atoms with Crippen LogP contribution in [0.4, 0.5) is 0 Å². The summed E-state index contributed by atoms with van der Waals surface area (Å²) >= 11 is 0. The molecule has 0 heterocycles. The molecule has 1 N–H and O–H groups in total. The zero-order valence-electron chi connectivity index (χ0n) is 7.61. The van der Waals surface area contributed by atoms with Crippen LogP contribution in [0.25, 0.3) is 0 Å². The number of rotatable bonds is 1. The fourth-order valence-corrected chi connectivity index (χ4v) is 1.79. The van der Waals surface area contributed by atoms with Gasteiger partial charge in [-0.15, -0.1) is 0 Å². The second kappa shape index (κ2) is 4.49. The van der Waals surface area contributed by atoms with Crippen LogP contribution in [-0.2, 0) is 10.1 Å². The molecule has 1 aromatic rings. The monoisotopic (exact) mass is 398 g/mol. The summed E-state index contributed by atoms with van der Waals surface area (Å²) in [6.07, 6.45) is 0. The van der Waals surface area contributed by atoms with Crippen molar-refractivity contribution in [1.29, 1.82) is 0 Å². The average molecular weight is 398 g/mol. The van der Waals surface area contributed by atoms with Crippen molar-refractivity contribution in [3.8, 4) is 0 Å². The van der Waals surface area contributed by atoms with E-state index >= 15 is 0 Å². The van der Waals surface area contributed by atoms with Gasteiger partial charge in [0, 0.05) is 0 Å². The predicted molar refractivity (Wildman–Crippen MR) is 55.7 cm³/mol. The molecular formula is C8H13BiO3S. The summed E-state index contributed by atoms with van der Waals surface area (Å²) in [5.41, 5.74) is 1.37. The molecule has 0 unspecified atom stereocenters. The van der Waals surface area contributed by atoms with Gasteiger partial charge in [0.05, 0.1) is 4.90 Å². The van der Waals surface area contributed by atoms with E-state index in [4.69, 9.17) is 4.55 Å². The molecule has 0 amide bonds. The first-order chi connectivity index (χ1) is 5.41. The summed E-state index contributed by atoms with van der Waals surface area (Å²) in [5, 5.41) is 0. The molecule has 1 rings (SSSR count). The fourth-order valence-electron chi connectivity index (χ4n) is 0.985. The zero-order valence-corrected chi connectivity index (χ0v) is 13.9. The van der Waals surface area contributed by atoms with E-state index in [-0.39, 0.29) is 31.1 Å². The third-order valence-electron chi connectivity index (χ3n) is 1.62. The van der Waals surface area contributed by atoms with E-state index in [2.05, 4.69) is 0 Å². The third-order valence-corrected chi connectivity index (χ3v) is 2.62. The molecule has 0 saturated carbocycles. The molecule has 74 valence electrons. The Balaban J connectivity index is 0.00000144. The standard InChI is InChI=1S/C8H10O3S.Bi.3H/c1-6-3-4-7(2)8(5-6)12(9,10)11;;;;/h3-5H,1-2H3,(H,9,10,11);;;;. The molecule has 0 fully saturated rings. The quantitative estimate of drug-likeness (QED) is 0.550. The predicted octanol–water partition coefficient (Wildman–Crippen LogP) is 0.366. The Hall–Kier alpha value is 0.0131. The van der Waals surface area contributed by atoms with E-state index in [9.17, 15) is 8.42 Å². The second-order valence-electron chi connectivity index (χ2n) is 2.74. The van der Waals surface area contributed by atoms with Gasteiger partial charge in [0.2, 0.25) is 0 Å². The zero-order chi connectivity index (χ0) is 9.35. The van der Waals surface area contributed by atoms with Crippen LogP contribution in [-0.4, -0.2) is 39.2 Å². The molecule has 0 aromatic heterocycles. The number of benzene rings is 1. The van der Waals surface area contributed by atoms with Crippen molar-refractivity contribution in [1.82, 2.24) is 0 Å². The van der Waals surface area contributed by atoms with Crippen molar-refractivity contribution in [2.75, 3.05) is 0 Å². The molecule has 13 heavy (non-hydrogen) atoms. The first-order valence-corrected chi connectivity index (χ1v) is 4.90. The van der Waals surface area contributed by atoms with E-state index in [1.165, 1.54) is 6.07 Å². The molecular weight excluding hydrogens is 385 g/mol. The Morgan fingerprint density at radius 1 is 1.23 bits per heavy atom. The summed E-state index contributed by atoms with van der Waals surface area (Å²) in [5.74, 6) is 0. The van der Waals surface area contributed by atoms with Crippen LogP contribution in [0.3, 0.4) is 0 Å². The molecule has 0 spiro atoms. The van der Waals surface area contributed by atoms with Gasteiger partial charge in [-0.2, -0.15) is 8.42 Å². The van der Waals surface area contributed by atoms with Crippen molar-refractivity contribution < 1.29 is 13.0 Å². The van der Waals surface area contributed by atoms with Crippen molar-refractivity contribution >= 4 is 36.3 Å². The summed E-state index contributed by atoms with van der Waals surface area (Å²) in [4.78, 5) is -0.0116. The van der Waals surface area contributed by atoms with Crippen LogP contribution in [0, 0.1) is 13.8 Å². The molecule has 1 aromatic carbocycles. The molecule has 0 bridgehead atoms. The van der Waals surface area contributed by atoms with Crippen LogP contribution >= 0.6 is 0 Å². The Kier molecular flexibility index (Phi) is 4.50. The normalized spacial score (nSPS) is 10.7. The van der Waals surface area contributed by atoms with E-state index in [1.807, 2.05) is 0 Å². The van der Waals surface area contributed by atoms with Gasteiger partial charge in [-0.05, 0) is 31.0 Å². The van der Waals surface area contributed by atoms with Gasteiger partial charge in [0.25, 0.3) is 10.1 Å². The van der Waals surface area contributed by atoms with Gasteiger partial charge in [-0.25, -0.2) is 0 Å². The summed E-state index contributed by atoms with van der Waals surface area (Å²) in [6, 6.07) is 4.91. The molecule has 0 saturated heterocycles. The second-order valence-corrected chi connectivity index (χ2v) is 4.13. The van der Waals surface area contributed by atoms with Crippen LogP contribution in [0.2, 0.25) is 0 Å². The Morgan fingerprint density at radius 2 is 1.77 bits per heavy atom. The average Bonchev–Trinajstić information content (AvgIpc) is 1.92. The first-order valence-electron chi connectivity index (χ1n) is 3.46. The number of aryl methyl sites for hydroxylation is 2.